The van der Waals surface area contributed by atoms with Gasteiger partial charge in [-0.05, 0) is 62.8 Å². The molecule has 1 aliphatic heterocycles. The summed E-state index contributed by atoms with van der Waals surface area (Å²) in [7, 11) is 1.58. The number of methoxy groups -OCH3 is 1. The SMILES string of the molecule is COc1ccc2ncc(F)c(CCC34CCC(NCc5cc6c(cn5)OCCO6)(CC3)CC4)c2n1. The van der Waals surface area contributed by atoms with Gasteiger partial charge in [0.1, 0.15) is 19.0 Å². The molecule has 3 aromatic heterocycles. The number of aryl methyl sites for hydroxylation is 1. The first-order chi connectivity index (χ1) is 17.1. The van der Waals surface area contributed by atoms with Crippen LogP contribution >= 0.6 is 0 Å². The summed E-state index contributed by atoms with van der Waals surface area (Å²) in [5.74, 6) is 1.73. The van der Waals surface area contributed by atoms with E-state index in [1.807, 2.05) is 12.1 Å². The van der Waals surface area contributed by atoms with Crippen LogP contribution in [-0.4, -0.2) is 40.8 Å². The van der Waals surface area contributed by atoms with Gasteiger partial charge in [-0.15, -0.1) is 0 Å². The molecule has 35 heavy (non-hydrogen) atoms. The molecule has 3 aromatic rings. The number of halogens is 1. The van der Waals surface area contributed by atoms with Crippen molar-refractivity contribution in [3.8, 4) is 17.4 Å². The van der Waals surface area contributed by atoms with Crippen LogP contribution in [0, 0.1) is 11.2 Å². The quantitative estimate of drug-likeness (QED) is 0.525. The standard InChI is InChI=1S/C27H31FN4O3/c1-33-24-3-2-21-25(32-24)19(20(28)16-30-21)4-5-26-6-9-27(10-7-26,11-8-26)31-15-18-14-22-23(17-29-18)35-13-12-34-22/h2-3,14,16-17,31H,4-13,15H2,1H3. The van der Waals surface area contributed by atoms with Crippen molar-refractivity contribution in [3.05, 3.63) is 47.7 Å². The van der Waals surface area contributed by atoms with Gasteiger partial charge < -0.3 is 19.5 Å². The Hall–Kier alpha value is -3.00. The van der Waals surface area contributed by atoms with Gasteiger partial charge in [0.2, 0.25) is 5.88 Å². The van der Waals surface area contributed by atoms with Crippen LogP contribution in [0.15, 0.2) is 30.6 Å². The fourth-order valence-electron chi connectivity index (χ4n) is 6.09. The van der Waals surface area contributed by atoms with E-state index in [9.17, 15) is 4.39 Å². The highest BCUT2D eigenvalue weighted by Gasteiger charge is 2.48. The second-order valence-corrected chi connectivity index (χ2v) is 10.3. The highest BCUT2D eigenvalue weighted by Crippen LogP contribution is 2.54. The Balaban J connectivity index is 1.10. The minimum absolute atomic E-state index is 0.167. The van der Waals surface area contributed by atoms with Crippen molar-refractivity contribution in [3.63, 3.8) is 0 Å². The van der Waals surface area contributed by atoms with Gasteiger partial charge in [-0.3, -0.25) is 9.97 Å². The summed E-state index contributed by atoms with van der Waals surface area (Å²) >= 11 is 0. The molecule has 0 spiro atoms. The lowest BCUT2D eigenvalue weighted by Crippen LogP contribution is -2.54. The Morgan fingerprint density at radius 3 is 2.54 bits per heavy atom. The molecule has 3 aliphatic carbocycles. The number of nitrogens with zero attached hydrogens (tertiary/aromatic N) is 3. The highest BCUT2D eigenvalue weighted by molar-refractivity contribution is 5.78. The van der Waals surface area contributed by atoms with Gasteiger partial charge in [0, 0.05) is 29.8 Å². The van der Waals surface area contributed by atoms with Gasteiger partial charge >= 0.3 is 0 Å². The lowest BCUT2D eigenvalue weighted by Gasteiger charge is -2.54. The van der Waals surface area contributed by atoms with Crippen LogP contribution in [0.1, 0.15) is 56.2 Å². The molecule has 4 heterocycles. The average molecular weight is 479 g/mol. The number of aromatic nitrogens is 3. The zero-order chi connectivity index (χ0) is 23.9. The van der Waals surface area contributed by atoms with Gasteiger partial charge in [0.25, 0.3) is 0 Å². The molecule has 0 aromatic carbocycles. The fraction of sp³-hybridized carbons (Fsp3) is 0.519. The largest absolute Gasteiger partial charge is 0.486 e. The van der Waals surface area contributed by atoms with Crippen molar-refractivity contribution < 1.29 is 18.6 Å². The number of fused-ring (bicyclic) bond motifs is 5. The zero-order valence-corrected chi connectivity index (χ0v) is 20.1. The Labute approximate surface area is 204 Å². The smallest absolute Gasteiger partial charge is 0.213 e. The van der Waals surface area contributed by atoms with Gasteiger partial charge in [0.15, 0.2) is 11.5 Å². The molecule has 8 heteroatoms. The summed E-state index contributed by atoms with van der Waals surface area (Å²) in [6.07, 6.45) is 11.7. The predicted molar refractivity (Wildman–Crippen MR) is 129 cm³/mol. The summed E-state index contributed by atoms with van der Waals surface area (Å²) in [5.41, 5.74) is 3.42. The molecular weight excluding hydrogens is 447 g/mol. The number of nitrogens with one attached hydrogen (secondary N) is 1. The van der Waals surface area contributed by atoms with E-state index in [-0.39, 0.29) is 16.8 Å². The number of rotatable bonds is 7. The first-order valence-corrected chi connectivity index (χ1v) is 12.5. The second-order valence-electron chi connectivity index (χ2n) is 10.3. The Bertz CT molecular complexity index is 1230. The van der Waals surface area contributed by atoms with Crippen LogP contribution in [0.5, 0.6) is 17.4 Å². The van der Waals surface area contributed by atoms with Crippen molar-refractivity contribution >= 4 is 11.0 Å². The van der Waals surface area contributed by atoms with Crippen LogP contribution in [0.2, 0.25) is 0 Å². The van der Waals surface area contributed by atoms with E-state index in [0.717, 1.165) is 68.7 Å². The maximum Gasteiger partial charge on any atom is 0.213 e. The van der Waals surface area contributed by atoms with Gasteiger partial charge in [-0.2, -0.15) is 0 Å². The minimum atomic E-state index is -0.274. The molecule has 2 bridgehead atoms. The fourth-order valence-corrected chi connectivity index (χ4v) is 6.09. The van der Waals surface area contributed by atoms with Gasteiger partial charge in [0.05, 0.1) is 36.2 Å². The van der Waals surface area contributed by atoms with Gasteiger partial charge in [-0.25, -0.2) is 9.37 Å². The predicted octanol–water partition coefficient (Wildman–Crippen LogP) is 4.76. The molecule has 7 rings (SSSR count). The van der Waals surface area contributed by atoms with Crippen molar-refractivity contribution in [2.24, 2.45) is 5.41 Å². The maximum atomic E-state index is 14.8. The molecule has 4 aliphatic rings. The van der Waals surface area contributed by atoms with E-state index < -0.39 is 0 Å². The number of ether oxygens (including phenoxy) is 3. The Morgan fingerprint density at radius 2 is 1.77 bits per heavy atom. The van der Waals surface area contributed by atoms with Crippen LogP contribution < -0.4 is 19.5 Å². The average Bonchev–Trinajstić information content (AvgIpc) is 2.92. The molecule has 3 fully saturated rings. The molecule has 0 unspecified atom stereocenters. The van der Waals surface area contributed by atoms with Gasteiger partial charge in [-0.1, -0.05) is 0 Å². The molecule has 0 amide bonds. The molecule has 184 valence electrons. The van der Waals surface area contributed by atoms with Crippen molar-refractivity contribution in [1.29, 1.82) is 0 Å². The third-order valence-corrected chi connectivity index (χ3v) is 8.39. The minimum Gasteiger partial charge on any atom is -0.486 e. The van der Waals surface area contributed by atoms with Crippen molar-refractivity contribution in [2.45, 2.75) is 63.5 Å². The Morgan fingerprint density at radius 1 is 1.00 bits per heavy atom. The van der Waals surface area contributed by atoms with Crippen molar-refractivity contribution in [1.82, 2.24) is 20.3 Å². The van der Waals surface area contributed by atoms with Crippen LogP contribution in [0.4, 0.5) is 4.39 Å². The summed E-state index contributed by atoms with van der Waals surface area (Å²) in [5, 5.41) is 3.83. The lowest BCUT2D eigenvalue weighted by atomic mass is 9.55. The molecular formula is C27H31FN4O3. The van der Waals surface area contributed by atoms with Crippen LogP contribution in [0.25, 0.3) is 11.0 Å². The summed E-state index contributed by atoms with van der Waals surface area (Å²) in [6, 6.07) is 5.61. The number of pyridine rings is 3. The van der Waals surface area contributed by atoms with E-state index in [1.54, 1.807) is 19.4 Å². The number of hydrogen-bond donors (Lipinski definition) is 1. The molecule has 7 nitrogen and oxygen atoms in total. The first-order valence-electron chi connectivity index (χ1n) is 12.5. The molecule has 3 saturated carbocycles. The van der Waals surface area contributed by atoms with E-state index in [2.05, 4.69) is 20.3 Å². The third kappa shape index (κ3) is 4.29. The zero-order valence-electron chi connectivity index (χ0n) is 20.1. The normalized spacial score (nSPS) is 25.1. The maximum absolute atomic E-state index is 14.8. The van der Waals surface area contributed by atoms with E-state index in [4.69, 9.17) is 14.2 Å². The summed E-state index contributed by atoms with van der Waals surface area (Å²) in [4.78, 5) is 13.3. The highest BCUT2D eigenvalue weighted by atomic mass is 19.1. The van der Waals surface area contributed by atoms with Crippen LogP contribution in [0.3, 0.4) is 0 Å². The van der Waals surface area contributed by atoms with E-state index in [0.29, 0.717) is 42.1 Å². The first kappa shape index (κ1) is 22.5. The molecule has 0 radical (unpaired) electrons. The Kier molecular flexibility index (Phi) is 5.71. The summed E-state index contributed by atoms with van der Waals surface area (Å²) < 4.78 is 31.4. The molecule has 0 atom stereocenters. The lowest BCUT2D eigenvalue weighted by molar-refractivity contribution is 0.0160. The topological polar surface area (TPSA) is 78.4 Å². The van der Waals surface area contributed by atoms with E-state index >= 15 is 0 Å². The molecule has 1 N–H and O–H groups in total. The second kappa shape index (κ2) is 8.90. The summed E-state index contributed by atoms with van der Waals surface area (Å²) in [6.45, 7) is 1.88. The third-order valence-electron chi connectivity index (χ3n) is 8.39. The number of hydrogen-bond acceptors (Lipinski definition) is 7. The monoisotopic (exact) mass is 478 g/mol. The van der Waals surface area contributed by atoms with Crippen LogP contribution in [-0.2, 0) is 13.0 Å². The van der Waals surface area contributed by atoms with Crippen molar-refractivity contribution in [2.75, 3.05) is 20.3 Å². The molecule has 0 saturated heterocycles. The van der Waals surface area contributed by atoms with E-state index in [1.165, 1.54) is 6.20 Å².